The number of ether oxygens (including phenoxy) is 3. The smallest absolute Gasteiger partial charge is 0.409 e. The van der Waals surface area contributed by atoms with E-state index < -0.39 is 18.0 Å². The summed E-state index contributed by atoms with van der Waals surface area (Å²) < 4.78 is 14.2. The Labute approximate surface area is 174 Å². The van der Waals surface area contributed by atoms with Crippen molar-refractivity contribution in [3.63, 3.8) is 0 Å². The van der Waals surface area contributed by atoms with E-state index in [0.717, 1.165) is 6.08 Å². The van der Waals surface area contributed by atoms with Gasteiger partial charge in [-0.05, 0) is 19.1 Å². The van der Waals surface area contributed by atoms with Gasteiger partial charge in [-0.15, -0.1) is 0 Å². The Hall–Kier alpha value is -3.56. The lowest BCUT2D eigenvalue weighted by atomic mass is 10.1. The summed E-state index contributed by atoms with van der Waals surface area (Å²) in [6, 6.07) is 6.59. The van der Waals surface area contributed by atoms with Crippen LogP contribution < -0.4 is 5.32 Å². The van der Waals surface area contributed by atoms with Crippen LogP contribution in [0.1, 0.15) is 17.3 Å². The number of nitrogens with zero attached hydrogens (tertiary/aromatic N) is 2. The predicted octanol–water partition coefficient (Wildman–Crippen LogP) is 1.24. The van der Waals surface area contributed by atoms with E-state index in [-0.39, 0.29) is 11.6 Å². The molecule has 1 aliphatic rings. The molecule has 1 saturated heterocycles. The summed E-state index contributed by atoms with van der Waals surface area (Å²) >= 11 is 0. The lowest BCUT2D eigenvalue weighted by molar-refractivity contribution is -0.138. The van der Waals surface area contributed by atoms with E-state index >= 15 is 0 Å². The number of esters is 2. The summed E-state index contributed by atoms with van der Waals surface area (Å²) in [5.41, 5.74) is 0.467. The highest BCUT2D eigenvalue weighted by atomic mass is 16.6. The van der Waals surface area contributed by atoms with Crippen molar-refractivity contribution in [1.82, 2.24) is 9.80 Å². The highest BCUT2D eigenvalue weighted by Gasteiger charge is 2.27. The second kappa shape index (κ2) is 10.8. The molecular formula is C20H25N3O7. The third kappa shape index (κ3) is 5.72. The fourth-order valence-corrected chi connectivity index (χ4v) is 2.83. The van der Waals surface area contributed by atoms with Crippen LogP contribution in [0.4, 0.5) is 10.5 Å². The Morgan fingerprint density at radius 2 is 1.63 bits per heavy atom. The molecule has 10 nitrogen and oxygen atoms in total. The zero-order chi connectivity index (χ0) is 22.1. The van der Waals surface area contributed by atoms with Crippen molar-refractivity contribution in [1.29, 1.82) is 0 Å². The number of para-hydroxylation sites is 1. The van der Waals surface area contributed by atoms with Crippen molar-refractivity contribution >= 4 is 29.6 Å². The zero-order valence-electron chi connectivity index (χ0n) is 17.2. The molecule has 2 amide bonds. The number of nitrogens with one attached hydrogen (secondary N) is 1. The first-order valence-electron chi connectivity index (χ1n) is 9.36. The van der Waals surface area contributed by atoms with Crippen molar-refractivity contribution in [2.75, 3.05) is 52.3 Å². The van der Waals surface area contributed by atoms with Gasteiger partial charge in [-0.2, -0.15) is 0 Å². The van der Waals surface area contributed by atoms with Crippen LogP contribution >= 0.6 is 0 Å². The van der Waals surface area contributed by atoms with E-state index in [1.165, 1.54) is 14.2 Å². The van der Waals surface area contributed by atoms with Gasteiger partial charge in [-0.1, -0.05) is 12.1 Å². The van der Waals surface area contributed by atoms with Gasteiger partial charge < -0.3 is 29.3 Å². The Kier molecular flexibility index (Phi) is 8.21. The summed E-state index contributed by atoms with van der Waals surface area (Å²) in [7, 11) is 2.36. The number of rotatable bonds is 6. The number of methoxy groups -OCH3 is 2. The molecule has 0 bridgehead atoms. The summed E-state index contributed by atoms with van der Waals surface area (Å²) in [4.78, 5) is 51.6. The van der Waals surface area contributed by atoms with Gasteiger partial charge in [-0.25, -0.2) is 14.4 Å². The van der Waals surface area contributed by atoms with Crippen LogP contribution in [-0.2, 0) is 23.8 Å². The third-order valence-electron chi connectivity index (χ3n) is 4.39. The average Bonchev–Trinajstić information content (AvgIpc) is 2.78. The molecular weight excluding hydrogens is 394 g/mol. The van der Waals surface area contributed by atoms with Crippen LogP contribution in [0, 0.1) is 0 Å². The highest BCUT2D eigenvalue weighted by Crippen LogP contribution is 2.21. The molecule has 0 aliphatic carbocycles. The number of amides is 2. The van der Waals surface area contributed by atoms with Crippen LogP contribution in [-0.4, -0.2) is 80.7 Å². The lowest BCUT2D eigenvalue weighted by Crippen LogP contribution is -2.50. The molecule has 1 N–H and O–H groups in total. The van der Waals surface area contributed by atoms with Crippen LogP contribution in [0.3, 0.4) is 0 Å². The van der Waals surface area contributed by atoms with Gasteiger partial charge in [0.1, 0.15) is 5.70 Å². The van der Waals surface area contributed by atoms with Crippen molar-refractivity contribution < 1.29 is 33.4 Å². The molecule has 30 heavy (non-hydrogen) atoms. The largest absolute Gasteiger partial charge is 0.466 e. The molecule has 1 aromatic carbocycles. The molecule has 0 unspecified atom stereocenters. The van der Waals surface area contributed by atoms with Crippen LogP contribution in [0.25, 0.3) is 0 Å². The first kappa shape index (κ1) is 22.7. The molecule has 0 aromatic heterocycles. The molecule has 0 saturated carbocycles. The number of hydrogen-bond acceptors (Lipinski definition) is 8. The molecule has 0 radical (unpaired) electrons. The molecule has 1 aliphatic heterocycles. The minimum atomic E-state index is -0.786. The fraction of sp³-hybridized carbons (Fsp3) is 0.400. The number of hydrogen-bond donors (Lipinski definition) is 1. The second-order valence-corrected chi connectivity index (χ2v) is 6.22. The molecule has 1 heterocycles. The topological polar surface area (TPSA) is 114 Å². The van der Waals surface area contributed by atoms with Crippen LogP contribution in [0.5, 0.6) is 0 Å². The second-order valence-electron chi connectivity index (χ2n) is 6.22. The number of piperazine rings is 1. The zero-order valence-corrected chi connectivity index (χ0v) is 17.2. The van der Waals surface area contributed by atoms with Crippen molar-refractivity contribution in [3.8, 4) is 0 Å². The predicted molar refractivity (Wildman–Crippen MR) is 107 cm³/mol. The Morgan fingerprint density at radius 1 is 1.00 bits per heavy atom. The summed E-state index contributed by atoms with van der Waals surface area (Å²) in [5.74, 6) is -1.81. The molecule has 1 fully saturated rings. The first-order valence-corrected chi connectivity index (χ1v) is 9.36. The Bertz CT molecular complexity index is 829. The molecule has 0 atom stereocenters. The summed E-state index contributed by atoms with van der Waals surface area (Å²) in [5, 5.41) is 2.78. The van der Waals surface area contributed by atoms with E-state index in [0.29, 0.717) is 44.0 Å². The van der Waals surface area contributed by atoms with E-state index in [1.54, 1.807) is 41.0 Å². The molecule has 0 spiro atoms. The normalized spacial score (nSPS) is 14.0. The number of anilines is 1. The van der Waals surface area contributed by atoms with Gasteiger partial charge in [-0.3, -0.25) is 4.79 Å². The van der Waals surface area contributed by atoms with Gasteiger partial charge >= 0.3 is 18.0 Å². The Morgan fingerprint density at radius 3 is 2.23 bits per heavy atom. The van der Waals surface area contributed by atoms with Crippen molar-refractivity contribution in [2.45, 2.75) is 6.92 Å². The standard InChI is InChI=1S/C20H25N3O7/c1-4-30-20(27)23-11-9-22(10-12-23)18(25)14-7-5-6-8-15(14)21-16(19(26)29-3)13-17(24)28-2/h5-8,13,21H,4,9-12H2,1-3H3/b16-13+. The average molecular weight is 419 g/mol. The van der Waals surface area contributed by atoms with E-state index in [4.69, 9.17) is 4.74 Å². The fourth-order valence-electron chi connectivity index (χ4n) is 2.83. The number of carbonyl (C=O) groups excluding carboxylic acids is 4. The third-order valence-corrected chi connectivity index (χ3v) is 4.39. The quantitative estimate of drug-likeness (QED) is 0.416. The molecule has 1 aromatic rings. The first-order chi connectivity index (χ1) is 14.4. The SMILES string of the molecule is CCOC(=O)N1CCN(C(=O)c2ccccc2N/C(=C/C(=O)OC)C(=O)OC)CC1. The van der Waals surface area contributed by atoms with Gasteiger partial charge in [0, 0.05) is 26.2 Å². The van der Waals surface area contributed by atoms with Gasteiger partial charge in [0.05, 0.1) is 38.2 Å². The molecule has 2 rings (SSSR count). The molecule has 10 heteroatoms. The lowest BCUT2D eigenvalue weighted by Gasteiger charge is -2.34. The monoisotopic (exact) mass is 419 g/mol. The van der Waals surface area contributed by atoms with E-state index in [2.05, 4.69) is 14.8 Å². The number of benzene rings is 1. The van der Waals surface area contributed by atoms with Gasteiger partial charge in [0.25, 0.3) is 5.91 Å². The minimum absolute atomic E-state index is 0.170. The maximum atomic E-state index is 13.0. The van der Waals surface area contributed by atoms with Crippen molar-refractivity contribution in [2.24, 2.45) is 0 Å². The Balaban J connectivity index is 2.17. The van der Waals surface area contributed by atoms with Crippen LogP contribution in [0.15, 0.2) is 36.0 Å². The van der Waals surface area contributed by atoms with Gasteiger partial charge in [0.2, 0.25) is 0 Å². The van der Waals surface area contributed by atoms with Crippen LogP contribution in [0.2, 0.25) is 0 Å². The highest BCUT2D eigenvalue weighted by molar-refractivity contribution is 6.03. The maximum Gasteiger partial charge on any atom is 0.409 e. The maximum absolute atomic E-state index is 13.0. The van der Waals surface area contributed by atoms with E-state index in [9.17, 15) is 19.2 Å². The van der Waals surface area contributed by atoms with E-state index in [1.807, 2.05) is 0 Å². The summed E-state index contributed by atoms with van der Waals surface area (Å²) in [6.07, 6.45) is 0.549. The molecule has 162 valence electrons. The number of carbonyl (C=O) groups is 4. The minimum Gasteiger partial charge on any atom is -0.466 e. The summed E-state index contributed by atoms with van der Waals surface area (Å²) in [6.45, 7) is 3.42. The van der Waals surface area contributed by atoms with Gasteiger partial charge in [0.15, 0.2) is 0 Å². The van der Waals surface area contributed by atoms with Crippen molar-refractivity contribution in [3.05, 3.63) is 41.6 Å².